The summed E-state index contributed by atoms with van der Waals surface area (Å²) >= 11 is 0. The molecule has 1 aromatic carbocycles. The van der Waals surface area contributed by atoms with Gasteiger partial charge in [0.2, 0.25) is 0 Å². The van der Waals surface area contributed by atoms with Gasteiger partial charge in [-0.05, 0) is 29.0 Å². The Morgan fingerprint density at radius 3 is 2.31 bits per heavy atom. The Kier molecular flexibility index (Phi) is 4.81. The van der Waals surface area contributed by atoms with Crippen LogP contribution in [0.4, 0.5) is 0 Å². The molecular formula is C14H22O2. The van der Waals surface area contributed by atoms with Crippen LogP contribution in [0.2, 0.25) is 0 Å². The first-order valence-corrected chi connectivity index (χ1v) is 5.93. The molecule has 16 heavy (non-hydrogen) atoms. The van der Waals surface area contributed by atoms with Gasteiger partial charge in [0.05, 0.1) is 6.61 Å². The van der Waals surface area contributed by atoms with Gasteiger partial charge in [-0.15, -0.1) is 0 Å². The molecule has 0 aliphatic carbocycles. The van der Waals surface area contributed by atoms with Crippen molar-refractivity contribution in [1.29, 1.82) is 0 Å². The Morgan fingerprint density at radius 1 is 1.12 bits per heavy atom. The summed E-state index contributed by atoms with van der Waals surface area (Å²) in [6, 6.07) is 6.38. The van der Waals surface area contributed by atoms with Gasteiger partial charge in [0.15, 0.2) is 0 Å². The standard InChI is InChI=1S/C14H22O2/c1-10(2)12-5-6-13(11(3)4)14(9-12)16-8-7-15/h5-6,9-11,15H,7-8H2,1-4H3. The zero-order valence-electron chi connectivity index (χ0n) is 10.7. The smallest absolute Gasteiger partial charge is 0.123 e. The normalized spacial score (nSPS) is 11.2. The van der Waals surface area contributed by atoms with Crippen molar-refractivity contribution in [2.75, 3.05) is 13.2 Å². The van der Waals surface area contributed by atoms with E-state index in [0.717, 1.165) is 5.75 Å². The lowest BCUT2D eigenvalue weighted by molar-refractivity contribution is 0.200. The van der Waals surface area contributed by atoms with E-state index in [1.165, 1.54) is 11.1 Å². The van der Waals surface area contributed by atoms with E-state index < -0.39 is 0 Å². The summed E-state index contributed by atoms with van der Waals surface area (Å²) in [7, 11) is 0. The Hall–Kier alpha value is -1.02. The SMILES string of the molecule is CC(C)c1ccc(C(C)C)c(OCCO)c1. The predicted octanol–water partition coefficient (Wildman–Crippen LogP) is 3.30. The molecule has 0 aliphatic heterocycles. The van der Waals surface area contributed by atoms with E-state index in [1.54, 1.807) is 0 Å². The predicted molar refractivity (Wildman–Crippen MR) is 67.2 cm³/mol. The van der Waals surface area contributed by atoms with Crippen molar-refractivity contribution in [3.05, 3.63) is 29.3 Å². The largest absolute Gasteiger partial charge is 0.491 e. The first-order chi connectivity index (χ1) is 7.56. The third-order valence-corrected chi connectivity index (χ3v) is 2.68. The maximum absolute atomic E-state index is 8.81. The minimum atomic E-state index is 0.0590. The van der Waals surface area contributed by atoms with Crippen molar-refractivity contribution in [3.8, 4) is 5.75 Å². The van der Waals surface area contributed by atoms with Gasteiger partial charge in [-0.25, -0.2) is 0 Å². The second-order valence-electron chi connectivity index (χ2n) is 4.68. The lowest BCUT2D eigenvalue weighted by Crippen LogP contribution is -2.05. The van der Waals surface area contributed by atoms with Crippen LogP contribution in [0, 0.1) is 0 Å². The van der Waals surface area contributed by atoms with E-state index in [1.807, 2.05) is 0 Å². The molecule has 90 valence electrons. The lowest BCUT2D eigenvalue weighted by atomic mass is 9.96. The molecule has 1 N–H and O–H groups in total. The summed E-state index contributed by atoms with van der Waals surface area (Å²) in [4.78, 5) is 0. The average molecular weight is 222 g/mol. The van der Waals surface area contributed by atoms with Crippen molar-refractivity contribution in [2.45, 2.75) is 39.5 Å². The Bertz CT molecular complexity index is 330. The minimum Gasteiger partial charge on any atom is -0.491 e. The van der Waals surface area contributed by atoms with Crippen LogP contribution in [0.5, 0.6) is 5.75 Å². The highest BCUT2D eigenvalue weighted by Crippen LogP contribution is 2.30. The van der Waals surface area contributed by atoms with E-state index in [2.05, 4.69) is 45.9 Å². The molecule has 1 rings (SSSR count). The maximum Gasteiger partial charge on any atom is 0.123 e. The highest BCUT2D eigenvalue weighted by molar-refractivity contribution is 5.40. The second-order valence-corrected chi connectivity index (χ2v) is 4.68. The van der Waals surface area contributed by atoms with E-state index in [0.29, 0.717) is 18.4 Å². The number of hydrogen-bond acceptors (Lipinski definition) is 2. The monoisotopic (exact) mass is 222 g/mol. The van der Waals surface area contributed by atoms with Crippen molar-refractivity contribution < 1.29 is 9.84 Å². The van der Waals surface area contributed by atoms with Crippen molar-refractivity contribution in [1.82, 2.24) is 0 Å². The van der Waals surface area contributed by atoms with Crippen LogP contribution in [0.25, 0.3) is 0 Å². The number of ether oxygens (including phenoxy) is 1. The fraction of sp³-hybridized carbons (Fsp3) is 0.571. The molecule has 0 aliphatic rings. The zero-order valence-corrected chi connectivity index (χ0v) is 10.7. The van der Waals surface area contributed by atoms with Gasteiger partial charge in [0, 0.05) is 0 Å². The molecule has 0 saturated heterocycles. The average Bonchev–Trinajstić information content (AvgIpc) is 2.25. The Labute approximate surface area is 98.3 Å². The van der Waals surface area contributed by atoms with Crippen LogP contribution in [0.3, 0.4) is 0 Å². The molecule has 0 fully saturated rings. The molecule has 0 amide bonds. The Morgan fingerprint density at radius 2 is 1.81 bits per heavy atom. The molecule has 0 aromatic heterocycles. The fourth-order valence-electron chi connectivity index (χ4n) is 1.67. The molecule has 2 heteroatoms. The number of benzene rings is 1. The molecule has 1 aromatic rings. The summed E-state index contributed by atoms with van der Waals surface area (Å²) in [6.07, 6.45) is 0. The van der Waals surface area contributed by atoms with Gasteiger partial charge in [0.25, 0.3) is 0 Å². The van der Waals surface area contributed by atoms with Gasteiger partial charge in [0.1, 0.15) is 12.4 Å². The zero-order chi connectivity index (χ0) is 12.1. The summed E-state index contributed by atoms with van der Waals surface area (Å²) in [6.45, 7) is 9.05. The van der Waals surface area contributed by atoms with Crippen LogP contribution < -0.4 is 4.74 Å². The second kappa shape index (κ2) is 5.90. The first-order valence-electron chi connectivity index (χ1n) is 5.93. The van der Waals surface area contributed by atoms with Gasteiger partial charge in [-0.1, -0.05) is 39.8 Å². The van der Waals surface area contributed by atoms with Crippen molar-refractivity contribution >= 4 is 0 Å². The highest BCUT2D eigenvalue weighted by Gasteiger charge is 2.10. The fourth-order valence-corrected chi connectivity index (χ4v) is 1.67. The molecule has 0 spiro atoms. The van der Waals surface area contributed by atoms with Gasteiger partial charge >= 0.3 is 0 Å². The topological polar surface area (TPSA) is 29.5 Å². The van der Waals surface area contributed by atoms with E-state index in [-0.39, 0.29) is 6.61 Å². The third-order valence-electron chi connectivity index (χ3n) is 2.68. The summed E-state index contributed by atoms with van der Waals surface area (Å²) in [5.41, 5.74) is 2.48. The molecule has 0 unspecified atom stereocenters. The van der Waals surface area contributed by atoms with Gasteiger partial charge < -0.3 is 9.84 Å². The van der Waals surface area contributed by atoms with Crippen molar-refractivity contribution in [3.63, 3.8) is 0 Å². The molecule has 0 saturated carbocycles. The number of aliphatic hydroxyl groups excluding tert-OH is 1. The Balaban J connectivity index is 3.01. The van der Waals surface area contributed by atoms with Crippen LogP contribution >= 0.6 is 0 Å². The van der Waals surface area contributed by atoms with E-state index in [4.69, 9.17) is 9.84 Å². The molecule has 2 nitrogen and oxygen atoms in total. The molecular weight excluding hydrogens is 200 g/mol. The summed E-state index contributed by atoms with van der Waals surface area (Å²) in [5, 5.41) is 8.81. The third kappa shape index (κ3) is 3.24. The van der Waals surface area contributed by atoms with Crippen LogP contribution in [-0.2, 0) is 0 Å². The lowest BCUT2D eigenvalue weighted by Gasteiger charge is -2.16. The quantitative estimate of drug-likeness (QED) is 0.828. The molecule has 0 atom stereocenters. The van der Waals surface area contributed by atoms with E-state index >= 15 is 0 Å². The molecule has 0 radical (unpaired) electrons. The van der Waals surface area contributed by atoms with Gasteiger partial charge in [-0.3, -0.25) is 0 Å². The number of aliphatic hydroxyl groups is 1. The number of hydrogen-bond donors (Lipinski definition) is 1. The van der Waals surface area contributed by atoms with Crippen LogP contribution in [0.15, 0.2) is 18.2 Å². The minimum absolute atomic E-state index is 0.0590. The van der Waals surface area contributed by atoms with E-state index in [9.17, 15) is 0 Å². The molecule has 0 bridgehead atoms. The highest BCUT2D eigenvalue weighted by atomic mass is 16.5. The van der Waals surface area contributed by atoms with Crippen molar-refractivity contribution in [2.24, 2.45) is 0 Å². The number of rotatable bonds is 5. The molecule has 0 heterocycles. The first kappa shape index (κ1) is 13.0. The van der Waals surface area contributed by atoms with Gasteiger partial charge in [-0.2, -0.15) is 0 Å². The summed E-state index contributed by atoms with van der Waals surface area (Å²) < 4.78 is 5.59. The van der Waals surface area contributed by atoms with Crippen LogP contribution in [0.1, 0.15) is 50.7 Å². The maximum atomic E-state index is 8.81. The summed E-state index contributed by atoms with van der Waals surface area (Å²) in [5.74, 6) is 1.85. The van der Waals surface area contributed by atoms with Crippen LogP contribution in [-0.4, -0.2) is 18.3 Å².